The molecule has 4 heterocycles. The van der Waals surface area contributed by atoms with Crippen LogP contribution in [0.1, 0.15) is 0 Å². The Morgan fingerprint density at radius 1 is 0.792 bits per heavy atom. The molecule has 0 aliphatic carbocycles. The SMILES string of the molecule is COOSc1ncc2cc(Oc3ccccc3F)c(=O)n(C)c2n1.Cn1c(=O)c(Oc2ccccc2F)cc2cnc(NCCO)nc21. The zero-order valence-corrected chi connectivity index (χ0v) is 26.4. The van der Waals surface area contributed by atoms with E-state index in [0.29, 0.717) is 34.6 Å². The predicted octanol–water partition coefficient (Wildman–Crippen LogP) is 4.51. The van der Waals surface area contributed by atoms with Crippen molar-refractivity contribution in [3.05, 3.63) is 105 Å². The van der Waals surface area contributed by atoms with Gasteiger partial charge >= 0.3 is 0 Å². The normalized spacial score (nSPS) is 10.9. The van der Waals surface area contributed by atoms with Crippen molar-refractivity contribution >= 4 is 40.1 Å². The van der Waals surface area contributed by atoms with Gasteiger partial charge in [0.1, 0.15) is 23.3 Å². The number of aliphatic hydroxyl groups is 1. The fourth-order valence-electron chi connectivity index (χ4n) is 4.21. The Hall–Kier alpha value is -5.49. The number of aromatic nitrogens is 6. The highest BCUT2D eigenvalue weighted by Gasteiger charge is 2.15. The number of benzene rings is 2. The van der Waals surface area contributed by atoms with Crippen LogP contribution in [-0.4, -0.2) is 54.4 Å². The van der Waals surface area contributed by atoms with Crippen molar-refractivity contribution in [3.63, 3.8) is 0 Å². The molecule has 0 unspecified atom stereocenters. The fraction of sp³-hybridized carbons (Fsp3) is 0.161. The van der Waals surface area contributed by atoms with Crippen LogP contribution in [0, 0.1) is 11.6 Å². The highest BCUT2D eigenvalue weighted by atomic mass is 32.2. The first-order chi connectivity index (χ1) is 23.2. The molecule has 0 bridgehead atoms. The molecule has 6 aromatic rings. The number of nitrogens with one attached hydrogen (secondary N) is 1. The monoisotopic (exact) mass is 679 g/mol. The summed E-state index contributed by atoms with van der Waals surface area (Å²) >= 11 is 0.818. The molecule has 17 heteroatoms. The maximum absolute atomic E-state index is 13.7. The second-order valence-electron chi connectivity index (χ2n) is 9.68. The van der Waals surface area contributed by atoms with Crippen LogP contribution in [0.2, 0.25) is 0 Å². The van der Waals surface area contributed by atoms with Crippen molar-refractivity contribution in [1.29, 1.82) is 0 Å². The Morgan fingerprint density at radius 2 is 1.31 bits per heavy atom. The summed E-state index contributed by atoms with van der Waals surface area (Å²) in [6.07, 6.45) is 3.03. The van der Waals surface area contributed by atoms with Crippen molar-refractivity contribution < 1.29 is 32.6 Å². The Kier molecular flexibility index (Phi) is 10.9. The van der Waals surface area contributed by atoms with Gasteiger partial charge < -0.3 is 19.9 Å². The summed E-state index contributed by atoms with van der Waals surface area (Å²) in [5.74, 6) is -0.915. The lowest BCUT2D eigenvalue weighted by Crippen LogP contribution is -2.20. The predicted molar refractivity (Wildman–Crippen MR) is 172 cm³/mol. The highest BCUT2D eigenvalue weighted by molar-refractivity contribution is 7.94. The molecule has 48 heavy (non-hydrogen) atoms. The van der Waals surface area contributed by atoms with Crippen LogP contribution in [0.15, 0.2) is 87.8 Å². The molecule has 0 fully saturated rings. The zero-order valence-electron chi connectivity index (χ0n) is 25.6. The quantitative estimate of drug-likeness (QED) is 0.0900. The Bertz CT molecular complexity index is 2050. The van der Waals surface area contributed by atoms with Crippen LogP contribution < -0.4 is 25.9 Å². The molecule has 2 aromatic carbocycles. The Morgan fingerprint density at radius 3 is 1.83 bits per heavy atom. The number of rotatable bonds is 10. The van der Waals surface area contributed by atoms with E-state index in [1.807, 2.05) is 0 Å². The average molecular weight is 680 g/mol. The number of pyridine rings is 2. The van der Waals surface area contributed by atoms with Gasteiger partial charge in [0, 0.05) is 43.8 Å². The molecule has 248 valence electrons. The lowest BCUT2D eigenvalue weighted by atomic mass is 10.3. The van der Waals surface area contributed by atoms with E-state index < -0.39 is 22.8 Å². The molecule has 2 N–H and O–H groups in total. The van der Waals surface area contributed by atoms with Crippen molar-refractivity contribution in [1.82, 2.24) is 29.1 Å². The smallest absolute Gasteiger partial charge is 0.294 e. The number of halogens is 2. The molecule has 0 radical (unpaired) electrons. The molecule has 0 aliphatic rings. The lowest BCUT2D eigenvalue weighted by molar-refractivity contribution is -0.160. The van der Waals surface area contributed by atoms with E-state index in [4.69, 9.17) is 18.9 Å². The molecule has 6 rings (SSSR count). The van der Waals surface area contributed by atoms with E-state index in [-0.39, 0.29) is 34.8 Å². The molecule has 4 aromatic heterocycles. The maximum atomic E-state index is 13.7. The molecule has 0 saturated carbocycles. The van der Waals surface area contributed by atoms with E-state index in [2.05, 4.69) is 30.1 Å². The molecular weight excluding hydrogens is 652 g/mol. The standard InChI is InChI=1S/C16H15FN4O3.C15H12FN3O4S/c1-21-14-10(9-19-16(20-14)18-6-7-22)8-13(15(21)23)24-12-5-3-2-4-11(12)17;1-19-13-9(8-17-15(18-13)24-23-21-2)7-12(14(19)20)22-11-6-4-3-5-10(11)16/h2-5,8-9,22H,6-7H2,1H3,(H,18,19,20);3-8H,1-2H3. The lowest BCUT2D eigenvalue weighted by Gasteiger charge is -2.11. The first kappa shape index (κ1) is 33.9. The Balaban J connectivity index is 0.000000188. The van der Waals surface area contributed by atoms with Crippen LogP contribution in [0.25, 0.3) is 22.1 Å². The number of fused-ring (bicyclic) bond motifs is 2. The van der Waals surface area contributed by atoms with Gasteiger partial charge in [0.05, 0.1) is 13.7 Å². The van der Waals surface area contributed by atoms with E-state index in [0.717, 1.165) is 12.0 Å². The van der Waals surface area contributed by atoms with E-state index >= 15 is 0 Å². The summed E-state index contributed by atoms with van der Waals surface area (Å²) in [6.45, 7) is 0.240. The number of aryl methyl sites for hydroxylation is 2. The Labute approximate surface area is 274 Å². The van der Waals surface area contributed by atoms with Gasteiger partial charge in [0.25, 0.3) is 11.1 Å². The molecule has 0 aliphatic heterocycles. The first-order valence-electron chi connectivity index (χ1n) is 14.0. The van der Waals surface area contributed by atoms with Crippen molar-refractivity contribution in [2.45, 2.75) is 5.16 Å². The van der Waals surface area contributed by atoms with Gasteiger partial charge in [-0.15, -0.1) is 0 Å². The minimum absolute atomic E-state index is 0.0187. The van der Waals surface area contributed by atoms with Crippen molar-refractivity contribution in [3.8, 4) is 23.0 Å². The van der Waals surface area contributed by atoms with Crippen LogP contribution in [0.4, 0.5) is 14.7 Å². The summed E-state index contributed by atoms with van der Waals surface area (Å²) in [5.41, 5.74) is -0.111. The minimum Gasteiger partial charge on any atom is -0.448 e. The second kappa shape index (κ2) is 15.4. The van der Waals surface area contributed by atoms with Gasteiger partial charge in [-0.25, -0.2) is 28.6 Å². The number of para-hydroxylation sites is 2. The van der Waals surface area contributed by atoms with Gasteiger partial charge in [-0.3, -0.25) is 18.7 Å². The van der Waals surface area contributed by atoms with Gasteiger partial charge in [0.2, 0.25) is 11.1 Å². The summed E-state index contributed by atoms with van der Waals surface area (Å²) < 4.78 is 45.5. The molecule has 0 amide bonds. The van der Waals surface area contributed by atoms with E-state index in [1.165, 1.54) is 84.2 Å². The third kappa shape index (κ3) is 7.72. The molecule has 0 spiro atoms. The molecular formula is C31H27F2N7O7S. The number of aliphatic hydroxyl groups excluding tert-OH is 1. The largest absolute Gasteiger partial charge is 0.448 e. The summed E-state index contributed by atoms with van der Waals surface area (Å²) in [6, 6.07) is 14.6. The van der Waals surface area contributed by atoms with Crippen molar-refractivity contribution in [2.24, 2.45) is 14.1 Å². The summed E-state index contributed by atoms with van der Waals surface area (Å²) in [5, 5.41) is 13.1. The average Bonchev–Trinajstić information content (AvgIpc) is 3.10. The van der Waals surface area contributed by atoms with Gasteiger partial charge in [-0.2, -0.15) is 9.32 Å². The number of ether oxygens (including phenoxy) is 2. The summed E-state index contributed by atoms with van der Waals surface area (Å²) in [7, 11) is 4.44. The van der Waals surface area contributed by atoms with Gasteiger partial charge in [-0.05, 0) is 36.4 Å². The highest BCUT2D eigenvalue weighted by Crippen LogP contribution is 2.26. The van der Waals surface area contributed by atoms with Crippen LogP contribution in [0.3, 0.4) is 0 Å². The zero-order chi connectivity index (χ0) is 34.2. The third-order valence-electron chi connectivity index (χ3n) is 6.49. The topological polar surface area (TPSA) is 165 Å². The third-order valence-corrected chi connectivity index (χ3v) is 7.04. The molecule has 14 nitrogen and oxygen atoms in total. The first-order valence-corrected chi connectivity index (χ1v) is 14.7. The number of hydrogen-bond acceptors (Lipinski definition) is 13. The molecule has 0 atom stereocenters. The number of hydrogen-bond donors (Lipinski definition) is 2. The molecule has 0 saturated heterocycles. The van der Waals surface area contributed by atoms with E-state index in [1.54, 1.807) is 19.2 Å². The number of anilines is 1. The maximum Gasteiger partial charge on any atom is 0.294 e. The summed E-state index contributed by atoms with van der Waals surface area (Å²) in [4.78, 5) is 45.9. The van der Waals surface area contributed by atoms with Crippen LogP contribution in [0.5, 0.6) is 23.0 Å². The fourth-order valence-corrected chi connectivity index (χ4v) is 4.56. The van der Waals surface area contributed by atoms with Crippen molar-refractivity contribution in [2.75, 3.05) is 25.6 Å². The van der Waals surface area contributed by atoms with Crippen LogP contribution >= 0.6 is 12.0 Å². The minimum atomic E-state index is -0.556. The van der Waals surface area contributed by atoms with Crippen LogP contribution in [-0.2, 0) is 23.3 Å². The van der Waals surface area contributed by atoms with E-state index in [9.17, 15) is 18.4 Å². The van der Waals surface area contributed by atoms with Gasteiger partial charge in [0.15, 0.2) is 34.6 Å². The van der Waals surface area contributed by atoms with Gasteiger partial charge in [-0.1, -0.05) is 24.3 Å². The second-order valence-corrected chi connectivity index (χ2v) is 10.4. The number of nitrogens with zero attached hydrogens (tertiary/aromatic N) is 6.